The minimum Gasteiger partial charge on any atom is -0.404 e. The molecule has 0 unspecified atom stereocenters. The maximum atomic E-state index is 12.4. The number of hydrogen-bond acceptors (Lipinski definition) is 2. The highest BCUT2D eigenvalue weighted by atomic mass is 19.4. The van der Waals surface area contributed by atoms with E-state index in [1.165, 1.54) is 29.1 Å². The van der Waals surface area contributed by atoms with Crippen molar-refractivity contribution in [2.45, 2.75) is 19.2 Å². The first-order valence-corrected chi connectivity index (χ1v) is 8.39. The monoisotopic (exact) mass is 376 g/mol. The number of aromatic amines is 1. The van der Waals surface area contributed by atoms with E-state index in [1.807, 2.05) is 24.4 Å². The second kappa shape index (κ2) is 8.03. The van der Waals surface area contributed by atoms with E-state index in [1.54, 1.807) is 6.07 Å². The van der Waals surface area contributed by atoms with Gasteiger partial charge in [0.2, 0.25) is 0 Å². The van der Waals surface area contributed by atoms with Crippen molar-refractivity contribution < 1.29 is 17.9 Å². The van der Waals surface area contributed by atoms with Crippen LogP contribution in [-0.2, 0) is 6.42 Å². The number of ether oxygens (including phenoxy) is 1. The van der Waals surface area contributed by atoms with Gasteiger partial charge in [-0.25, -0.2) is 0 Å². The zero-order valence-electron chi connectivity index (χ0n) is 14.4. The van der Waals surface area contributed by atoms with Crippen molar-refractivity contribution in [3.63, 3.8) is 0 Å². The molecular weight excluding hydrogens is 357 g/mol. The summed E-state index contributed by atoms with van der Waals surface area (Å²) in [7, 11) is 0. The van der Waals surface area contributed by atoms with Gasteiger partial charge in [0.15, 0.2) is 11.7 Å². The first kappa shape index (κ1) is 18.6. The molecule has 0 radical (unpaired) electrons. The lowest BCUT2D eigenvalue weighted by molar-refractivity contribution is -0.274. The average Bonchev–Trinajstić information content (AvgIpc) is 3.02. The molecule has 0 aliphatic carbocycles. The number of benzene rings is 2. The number of hydrogen-bond donors (Lipinski definition) is 3. The first-order valence-electron chi connectivity index (χ1n) is 8.39. The second-order valence-electron chi connectivity index (χ2n) is 5.90. The number of nitrogens with zero attached hydrogens (tertiary/aromatic N) is 1. The molecule has 0 aliphatic heterocycles. The Hall–Kier alpha value is -3.16. The zero-order valence-corrected chi connectivity index (χ0v) is 14.4. The zero-order chi connectivity index (χ0) is 19.3. The lowest BCUT2D eigenvalue weighted by atomic mass is 10.1. The van der Waals surface area contributed by atoms with Crippen LogP contribution in [0.4, 0.5) is 18.9 Å². The van der Waals surface area contributed by atoms with Gasteiger partial charge in [0.25, 0.3) is 0 Å². The van der Waals surface area contributed by atoms with E-state index in [4.69, 9.17) is 5.73 Å². The van der Waals surface area contributed by atoms with E-state index in [9.17, 15) is 13.2 Å². The molecule has 0 spiro atoms. The second-order valence-corrected chi connectivity index (χ2v) is 5.90. The Morgan fingerprint density at radius 1 is 1.11 bits per heavy atom. The summed E-state index contributed by atoms with van der Waals surface area (Å²) >= 11 is 0. The molecule has 0 saturated heterocycles. The Kier molecular flexibility index (Phi) is 5.54. The largest absolute Gasteiger partial charge is 0.573 e. The molecule has 2 aromatic carbocycles. The summed E-state index contributed by atoms with van der Waals surface area (Å²) in [6, 6.07) is 13.7. The van der Waals surface area contributed by atoms with Gasteiger partial charge in [0.05, 0.1) is 5.69 Å². The molecule has 142 valence electrons. The van der Waals surface area contributed by atoms with Crippen molar-refractivity contribution >= 4 is 22.5 Å². The molecule has 1 heterocycles. The molecule has 5 nitrogen and oxygen atoms in total. The number of fused-ring (bicyclic) bond motifs is 1. The Bertz CT molecular complexity index is 934. The van der Waals surface area contributed by atoms with Gasteiger partial charge in [0, 0.05) is 23.6 Å². The summed E-state index contributed by atoms with van der Waals surface area (Å²) in [5.74, 6) is -0.325. The predicted molar refractivity (Wildman–Crippen MR) is 99.9 cm³/mol. The molecule has 0 saturated carbocycles. The quantitative estimate of drug-likeness (QED) is 0.339. The topological polar surface area (TPSA) is 75.4 Å². The van der Waals surface area contributed by atoms with Gasteiger partial charge < -0.3 is 20.8 Å². The number of rotatable bonds is 6. The van der Waals surface area contributed by atoms with Crippen LogP contribution in [0.3, 0.4) is 0 Å². The third-order valence-corrected chi connectivity index (χ3v) is 3.94. The van der Waals surface area contributed by atoms with Gasteiger partial charge in [-0.1, -0.05) is 30.3 Å². The molecule has 4 N–H and O–H groups in total. The normalized spacial score (nSPS) is 12.3. The van der Waals surface area contributed by atoms with Crippen LogP contribution < -0.4 is 15.8 Å². The number of H-pyrrole nitrogens is 1. The SMILES string of the molecule is NC(=NCCCc1c[nH]c2ccccc12)Nc1ccccc1OC(F)(F)F. The summed E-state index contributed by atoms with van der Waals surface area (Å²) in [6.07, 6.45) is -1.23. The lowest BCUT2D eigenvalue weighted by Crippen LogP contribution is -2.24. The van der Waals surface area contributed by atoms with Gasteiger partial charge in [-0.15, -0.1) is 13.2 Å². The van der Waals surface area contributed by atoms with Gasteiger partial charge >= 0.3 is 6.36 Å². The molecule has 27 heavy (non-hydrogen) atoms. The van der Waals surface area contributed by atoms with Crippen molar-refractivity contribution in [1.82, 2.24) is 4.98 Å². The van der Waals surface area contributed by atoms with E-state index in [0.29, 0.717) is 6.54 Å². The van der Waals surface area contributed by atoms with Crippen molar-refractivity contribution in [3.05, 3.63) is 60.3 Å². The molecule has 0 fully saturated rings. The summed E-state index contributed by atoms with van der Waals surface area (Å²) in [6.45, 7) is 0.445. The number of nitrogens with one attached hydrogen (secondary N) is 2. The summed E-state index contributed by atoms with van der Waals surface area (Å²) in [5, 5.41) is 3.83. The lowest BCUT2D eigenvalue weighted by Gasteiger charge is -2.14. The van der Waals surface area contributed by atoms with Crippen LogP contribution in [0, 0.1) is 0 Å². The molecule has 0 amide bonds. The standard InChI is InChI=1S/C19H19F3N4O/c20-19(21,22)27-17-10-4-3-9-16(17)26-18(23)24-11-5-6-13-12-25-15-8-2-1-7-14(13)15/h1-4,7-10,12,25H,5-6,11H2,(H3,23,24,26). The number of guanidine groups is 1. The third kappa shape index (κ3) is 5.16. The number of aromatic nitrogens is 1. The number of halogens is 3. The van der Waals surface area contributed by atoms with Crippen LogP contribution in [0.1, 0.15) is 12.0 Å². The predicted octanol–water partition coefficient (Wildman–Crippen LogP) is 4.43. The Balaban J connectivity index is 1.56. The Labute approximate surface area is 154 Å². The third-order valence-electron chi connectivity index (χ3n) is 3.94. The minimum absolute atomic E-state index is 0.0344. The maximum Gasteiger partial charge on any atom is 0.573 e. The van der Waals surface area contributed by atoms with Crippen LogP contribution in [0.5, 0.6) is 5.75 Å². The van der Waals surface area contributed by atoms with E-state index in [2.05, 4.69) is 26.1 Å². The van der Waals surface area contributed by atoms with Gasteiger partial charge in [0.1, 0.15) is 0 Å². The fourth-order valence-electron chi connectivity index (χ4n) is 2.77. The van der Waals surface area contributed by atoms with E-state index < -0.39 is 6.36 Å². The van der Waals surface area contributed by atoms with Crippen LogP contribution >= 0.6 is 0 Å². The van der Waals surface area contributed by atoms with Crippen molar-refractivity contribution in [2.24, 2.45) is 10.7 Å². The minimum atomic E-state index is -4.77. The summed E-state index contributed by atoms with van der Waals surface area (Å²) in [5.41, 5.74) is 8.16. The van der Waals surface area contributed by atoms with Crippen LogP contribution in [0.2, 0.25) is 0 Å². The fourth-order valence-corrected chi connectivity index (χ4v) is 2.77. The molecular formula is C19H19F3N4O. The Morgan fingerprint density at radius 3 is 2.67 bits per heavy atom. The van der Waals surface area contributed by atoms with Crippen molar-refractivity contribution in [1.29, 1.82) is 0 Å². The van der Waals surface area contributed by atoms with E-state index in [0.717, 1.165) is 18.4 Å². The number of para-hydroxylation sites is 3. The molecule has 3 rings (SSSR count). The van der Waals surface area contributed by atoms with Crippen LogP contribution in [0.25, 0.3) is 10.9 Å². The number of alkyl halides is 3. The molecule has 8 heteroatoms. The highest BCUT2D eigenvalue weighted by Gasteiger charge is 2.32. The van der Waals surface area contributed by atoms with Crippen LogP contribution in [0.15, 0.2) is 59.7 Å². The number of aryl methyl sites for hydroxylation is 1. The summed E-state index contributed by atoms with van der Waals surface area (Å²) < 4.78 is 41.3. The average molecular weight is 376 g/mol. The summed E-state index contributed by atoms with van der Waals surface area (Å²) in [4.78, 5) is 7.39. The molecule has 1 aromatic heterocycles. The highest BCUT2D eigenvalue weighted by Crippen LogP contribution is 2.29. The molecule has 3 aromatic rings. The number of aliphatic imine (C=N–C) groups is 1. The van der Waals surface area contributed by atoms with Gasteiger partial charge in [-0.2, -0.15) is 0 Å². The molecule has 0 aliphatic rings. The van der Waals surface area contributed by atoms with Crippen molar-refractivity contribution in [3.8, 4) is 5.75 Å². The van der Waals surface area contributed by atoms with Crippen molar-refractivity contribution in [2.75, 3.05) is 11.9 Å². The molecule has 0 atom stereocenters. The Morgan fingerprint density at radius 2 is 1.85 bits per heavy atom. The smallest absolute Gasteiger partial charge is 0.404 e. The highest BCUT2D eigenvalue weighted by molar-refractivity contribution is 5.93. The van der Waals surface area contributed by atoms with Gasteiger partial charge in [-0.05, 0) is 36.6 Å². The number of nitrogens with two attached hydrogens (primary N) is 1. The maximum absolute atomic E-state index is 12.4. The van der Waals surface area contributed by atoms with E-state index in [-0.39, 0.29) is 17.4 Å². The van der Waals surface area contributed by atoms with Gasteiger partial charge in [-0.3, -0.25) is 4.99 Å². The molecule has 0 bridgehead atoms. The number of anilines is 1. The first-order chi connectivity index (χ1) is 12.9. The van der Waals surface area contributed by atoms with Crippen LogP contribution in [-0.4, -0.2) is 23.9 Å². The van der Waals surface area contributed by atoms with E-state index >= 15 is 0 Å². The fraction of sp³-hybridized carbons (Fsp3) is 0.211.